The zero-order valence-corrected chi connectivity index (χ0v) is 11.2. The SMILES string of the molecule is CN(Cc1cccc(F)c1)c1cc(Cl)ccc1C#N. The molecule has 2 aromatic rings. The van der Waals surface area contributed by atoms with Gasteiger partial charge in [0.2, 0.25) is 0 Å². The van der Waals surface area contributed by atoms with E-state index in [4.69, 9.17) is 16.9 Å². The Labute approximate surface area is 116 Å². The Bertz CT molecular complexity index is 634. The molecule has 0 amide bonds. The lowest BCUT2D eigenvalue weighted by Crippen LogP contribution is -2.17. The van der Waals surface area contributed by atoms with Crippen LogP contribution in [0, 0.1) is 17.1 Å². The molecule has 4 heteroatoms. The molecule has 0 bridgehead atoms. The van der Waals surface area contributed by atoms with E-state index in [1.807, 2.05) is 18.0 Å². The molecule has 0 saturated heterocycles. The normalized spacial score (nSPS) is 10.0. The monoisotopic (exact) mass is 274 g/mol. The number of hydrogen-bond donors (Lipinski definition) is 0. The van der Waals surface area contributed by atoms with Gasteiger partial charge in [-0.1, -0.05) is 23.7 Å². The molecule has 19 heavy (non-hydrogen) atoms. The quantitative estimate of drug-likeness (QED) is 0.846. The lowest BCUT2D eigenvalue weighted by Gasteiger charge is -2.21. The standard InChI is InChI=1S/C15H12ClFN2/c1-19(10-11-3-2-4-14(17)7-11)15-8-13(16)6-5-12(15)9-18/h2-8H,10H2,1H3. The maximum absolute atomic E-state index is 13.1. The molecule has 2 nitrogen and oxygen atoms in total. The maximum Gasteiger partial charge on any atom is 0.123 e. The Balaban J connectivity index is 2.27. The van der Waals surface area contributed by atoms with Crippen molar-refractivity contribution in [3.63, 3.8) is 0 Å². The summed E-state index contributed by atoms with van der Waals surface area (Å²) in [6.07, 6.45) is 0. The van der Waals surface area contributed by atoms with E-state index in [9.17, 15) is 4.39 Å². The summed E-state index contributed by atoms with van der Waals surface area (Å²) < 4.78 is 13.1. The van der Waals surface area contributed by atoms with Crippen LogP contribution in [-0.4, -0.2) is 7.05 Å². The highest BCUT2D eigenvalue weighted by Gasteiger charge is 2.09. The van der Waals surface area contributed by atoms with E-state index in [0.717, 1.165) is 11.3 Å². The predicted molar refractivity (Wildman–Crippen MR) is 74.7 cm³/mol. The second-order valence-corrected chi connectivity index (χ2v) is 4.70. The number of hydrogen-bond acceptors (Lipinski definition) is 2. The Morgan fingerprint density at radius 3 is 2.74 bits per heavy atom. The fraction of sp³-hybridized carbons (Fsp3) is 0.133. The van der Waals surface area contributed by atoms with Crippen LogP contribution in [0.2, 0.25) is 5.02 Å². The third-order valence-corrected chi connectivity index (χ3v) is 3.04. The van der Waals surface area contributed by atoms with Crippen LogP contribution in [0.5, 0.6) is 0 Å². The summed E-state index contributed by atoms with van der Waals surface area (Å²) in [5.74, 6) is -0.266. The summed E-state index contributed by atoms with van der Waals surface area (Å²) in [6, 6.07) is 13.6. The zero-order valence-electron chi connectivity index (χ0n) is 10.4. The highest BCUT2D eigenvalue weighted by Crippen LogP contribution is 2.24. The summed E-state index contributed by atoms with van der Waals surface area (Å²) in [5, 5.41) is 9.66. The van der Waals surface area contributed by atoms with Crippen LogP contribution in [0.3, 0.4) is 0 Å². The molecule has 0 heterocycles. The average Bonchev–Trinajstić information content (AvgIpc) is 2.38. The van der Waals surface area contributed by atoms with Gasteiger partial charge >= 0.3 is 0 Å². The van der Waals surface area contributed by atoms with Crippen molar-refractivity contribution < 1.29 is 4.39 Å². The molecule has 0 aliphatic heterocycles. The highest BCUT2D eigenvalue weighted by atomic mass is 35.5. The molecule has 0 aliphatic rings. The van der Waals surface area contributed by atoms with Gasteiger partial charge < -0.3 is 4.90 Å². The molecule has 0 aromatic heterocycles. The van der Waals surface area contributed by atoms with E-state index < -0.39 is 0 Å². The van der Waals surface area contributed by atoms with Crippen molar-refractivity contribution in [2.24, 2.45) is 0 Å². The third-order valence-electron chi connectivity index (χ3n) is 2.80. The number of nitrogens with zero attached hydrogens (tertiary/aromatic N) is 2. The minimum Gasteiger partial charge on any atom is -0.369 e. The van der Waals surface area contributed by atoms with E-state index >= 15 is 0 Å². The van der Waals surface area contributed by atoms with Crippen LogP contribution < -0.4 is 4.90 Å². The first-order valence-electron chi connectivity index (χ1n) is 5.75. The molecule has 0 atom stereocenters. The molecule has 0 saturated carbocycles. The first-order valence-corrected chi connectivity index (χ1v) is 6.13. The molecule has 0 fully saturated rings. The van der Waals surface area contributed by atoms with Crippen LogP contribution in [0.4, 0.5) is 10.1 Å². The topological polar surface area (TPSA) is 27.0 Å². The van der Waals surface area contributed by atoms with Crippen molar-refractivity contribution in [3.8, 4) is 6.07 Å². The second-order valence-electron chi connectivity index (χ2n) is 4.26. The summed E-state index contributed by atoms with van der Waals surface area (Å²) in [5.41, 5.74) is 2.12. The van der Waals surface area contributed by atoms with Crippen molar-refractivity contribution in [1.82, 2.24) is 0 Å². The molecule has 0 aliphatic carbocycles. The smallest absolute Gasteiger partial charge is 0.123 e. The van der Waals surface area contributed by atoms with Crippen LogP contribution >= 0.6 is 11.6 Å². The lowest BCUT2D eigenvalue weighted by atomic mass is 10.1. The van der Waals surface area contributed by atoms with Gasteiger partial charge in [0.05, 0.1) is 11.3 Å². The van der Waals surface area contributed by atoms with Gasteiger partial charge in [0.15, 0.2) is 0 Å². The maximum atomic E-state index is 13.1. The zero-order chi connectivity index (χ0) is 13.8. The first kappa shape index (κ1) is 13.4. The fourth-order valence-electron chi connectivity index (χ4n) is 1.91. The second kappa shape index (κ2) is 5.73. The van der Waals surface area contributed by atoms with Crippen molar-refractivity contribution in [2.75, 3.05) is 11.9 Å². The number of benzene rings is 2. The molecule has 0 spiro atoms. The van der Waals surface area contributed by atoms with Gasteiger partial charge in [-0.2, -0.15) is 5.26 Å². The van der Waals surface area contributed by atoms with Crippen molar-refractivity contribution in [1.29, 1.82) is 5.26 Å². The molecule has 0 N–H and O–H groups in total. The number of rotatable bonds is 3. The van der Waals surface area contributed by atoms with Crippen LogP contribution in [-0.2, 0) is 6.54 Å². The average molecular weight is 275 g/mol. The van der Waals surface area contributed by atoms with Crippen molar-refractivity contribution >= 4 is 17.3 Å². The third kappa shape index (κ3) is 3.24. The van der Waals surface area contributed by atoms with E-state index in [-0.39, 0.29) is 5.82 Å². The van der Waals surface area contributed by atoms with E-state index in [0.29, 0.717) is 17.1 Å². The van der Waals surface area contributed by atoms with E-state index in [2.05, 4.69) is 6.07 Å². The van der Waals surface area contributed by atoms with Crippen molar-refractivity contribution in [2.45, 2.75) is 6.54 Å². The number of nitriles is 1. The predicted octanol–water partition coefficient (Wildman–Crippen LogP) is 3.99. The van der Waals surface area contributed by atoms with Gasteiger partial charge in [-0.05, 0) is 35.9 Å². The minimum atomic E-state index is -0.266. The largest absolute Gasteiger partial charge is 0.369 e. The van der Waals surface area contributed by atoms with Crippen LogP contribution in [0.25, 0.3) is 0 Å². The Morgan fingerprint density at radius 2 is 2.05 bits per heavy atom. The fourth-order valence-corrected chi connectivity index (χ4v) is 2.08. The summed E-state index contributed by atoms with van der Waals surface area (Å²) in [4.78, 5) is 1.87. The summed E-state index contributed by atoms with van der Waals surface area (Å²) in [7, 11) is 1.84. The van der Waals surface area contributed by atoms with Crippen LogP contribution in [0.1, 0.15) is 11.1 Å². The Morgan fingerprint density at radius 1 is 1.26 bits per heavy atom. The van der Waals surface area contributed by atoms with Crippen molar-refractivity contribution in [3.05, 3.63) is 64.4 Å². The highest BCUT2D eigenvalue weighted by molar-refractivity contribution is 6.30. The Kier molecular flexibility index (Phi) is 4.03. The molecule has 96 valence electrons. The van der Waals surface area contributed by atoms with Gasteiger partial charge in [0, 0.05) is 18.6 Å². The molecule has 2 aromatic carbocycles. The number of halogens is 2. The molecular weight excluding hydrogens is 263 g/mol. The van der Waals surface area contributed by atoms with Gasteiger partial charge in [0.1, 0.15) is 11.9 Å². The van der Waals surface area contributed by atoms with E-state index in [1.165, 1.54) is 12.1 Å². The summed E-state index contributed by atoms with van der Waals surface area (Å²) in [6.45, 7) is 0.507. The van der Waals surface area contributed by atoms with Gasteiger partial charge in [-0.15, -0.1) is 0 Å². The molecule has 0 radical (unpaired) electrons. The minimum absolute atomic E-state index is 0.266. The molecule has 0 unspecified atom stereocenters. The Hall–Kier alpha value is -2.05. The lowest BCUT2D eigenvalue weighted by molar-refractivity contribution is 0.625. The van der Waals surface area contributed by atoms with Gasteiger partial charge in [-0.3, -0.25) is 0 Å². The molecule has 2 rings (SSSR count). The van der Waals surface area contributed by atoms with Gasteiger partial charge in [-0.25, -0.2) is 4.39 Å². The van der Waals surface area contributed by atoms with Crippen LogP contribution in [0.15, 0.2) is 42.5 Å². The first-order chi connectivity index (χ1) is 9.10. The van der Waals surface area contributed by atoms with Gasteiger partial charge in [0.25, 0.3) is 0 Å². The number of anilines is 1. The summed E-state index contributed by atoms with van der Waals surface area (Å²) >= 11 is 5.95. The van der Waals surface area contributed by atoms with E-state index in [1.54, 1.807) is 24.3 Å². The molecular formula is C15H12ClFN2.